The zero-order valence-corrected chi connectivity index (χ0v) is 16.1. The molecule has 9 heteroatoms. The number of fused-ring (bicyclic) bond motifs is 1. The summed E-state index contributed by atoms with van der Waals surface area (Å²) in [6, 6.07) is 7.55. The van der Waals surface area contributed by atoms with Gasteiger partial charge in [0.2, 0.25) is 11.2 Å². The van der Waals surface area contributed by atoms with E-state index in [9.17, 15) is 18.4 Å². The summed E-state index contributed by atoms with van der Waals surface area (Å²) >= 11 is 5.82. The number of halogens is 3. The van der Waals surface area contributed by atoms with Gasteiger partial charge in [-0.2, -0.15) is 4.39 Å². The zero-order valence-electron chi connectivity index (χ0n) is 15.4. The first-order valence-electron chi connectivity index (χ1n) is 8.60. The van der Waals surface area contributed by atoms with Gasteiger partial charge in [0, 0.05) is 24.9 Å². The summed E-state index contributed by atoms with van der Waals surface area (Å²) in [5, 5.41) is 2.97. The van der Waals surface area contributed by atoms with Crippen molar-refractivity contribution >= 4 is 28.4 Å². The second-order valence-electron chi connectivity index (χ2n) is 6.11. The van der Waals surface area contributed by atoms with Gasteiger partial charge in [-0.3, -0.25) is 9.59 Å². The maximum atomic E-state index is 14.1. The van der Waals surface area contributed by atoms with Crippen molar-refractivity contribution in [3.63, 3.8) is 0 Å². The fraction of sp³-hybridized carbons (Fsp3) is 0.200. The van der Waals surface area contributed by atoms with Gasteiger partial charge in [0.1, 0.15) is 12.2 Å². The molecule has 0 radical (unpaired) electrons. The van der Waals surface area contributed by atoms with Crippen LogP contribution in [0, 0.1) is 11.6 Å². The van der Waals surface area contributed by atoms with Gasteiger partial charge in [-0.1, -0.05) is 23.7 Å². The maximum absolute atomic E-state index is 14.1. The summed E-state index contributed by atoms with van der Waals surface area (Å²) in [5.41, 5.74) is -0.246. The predicted octanol–water partition coefficient (Wildman–Crippen LogP) is 3.41. The molecule has 0 bridgehead atoms. The lowest BCUT2D eigenvalue weighted by Gasteiger charge is -2.12. The van der Waals surface area contributed by atoms with Crippen LogP contribution in [0.2, 0.25) is 5.02 Å². The molecular weight excluding hydrogens is 406 g/mol. The summed E-state index contributed by atoms with van der Waals surface area (Å²) in [4.78, 5) is 27.8. The molecule has 0 saturated carbocycles. The number of nitrogens with one attached hydrogen (secondary N) is 2. The lowest BCUT2D eigenvalue weighted by molar-refractivity contribution is 0.0949. The van der Waals surface area contributed by atoms with E-state index in [1.54, 1.807) is 24.3 Å². The number of ether oxygens (including phenoxy) is 2. The third-order valence-electron chi connectivity index (χ3n) is 4.17. The number of pyridine rings is 1. The van der Waals surface area contributed by atoms with Crippen LogP contribution in [0.15, 0.2) is 41.3 Å². The summed E-state index contributed by atoms with van der Waals surface area (Å²) < 4.78 is 38.2. The van der Waals surface area contributed by atoms with Crippen molar-refractivity contribution in [3.8, 4) is 5.75 Å². The molecule has 1 aromatic heterocycles. The Labute approximate surface area is 169 Å². The molecule has 3 rings (SSSR count). The van der Waals surface area contributed by atoms with E-state index in [1.807, 2.05) is 0 Å². The molecule has 29 heavy (non-hydrogen) atoms. The Hall–Kier alpha value is -2.97. The van der Waals surface area contributed by atoms with Crippen LogP contribution in [0.5, 0.6) is 5.75 Å². The average Bonchev–Trinajstić information content (AvgIpc) is 2.71. The number of aromatic amines is 1. The molecule has 2 aromatic carbocycles. The minimum Gasteiger partial charge on any atom is -0.486 e. The molecule has 0 saturated heterocycles. The quantitative estimate of drug-likeness (QED) is 0.572. The molecule has 152 valence electrons. The molecular formula is C20H17ClF2N2O4. The highest BCUT2D eigenvalue weighted by molar-refractivity contribution is 6.30. The average molecular weight is 423 g/mol. The van der Waals surface area contributed by atoms with E-state index < -0.39 is 28.7 Å². The van der Waals surface area contributed by atoms with E-state index in [1.165, 1.54) is 7.11 Å². The van der Waals surface area contributed by atoms with Gasteiger partial charge in [0.05, 0.1) is 17.5 Å². The number of H-pyrrole nitrogens is 1. The van der Waals surface area contributed by atoms with E-state index in [0.717, 1.165) is 17.8 Å². The smallest absolute Gasteiger partial charge is 0.257 e. The molecule has 1 amide bonds. The third kappa shape index (κ3) is 4.55. The van der Waals surface area contributed by atoms with Crippen LogP contribution in [0.25, 0.3) is 10.9 Å². The lowest BCUT2D eigenvalue weighted by Crippen LogP contribution is -2.28. The topological polar surface area (TPSA) is 80.4 Å². The number of rotatable bonds is 7. The first-order valence-corrected chi connectivity index (χ1v) is 8.98. The van der Waals surface area contributed by atoms with Crippen LogP contribution in [-0.2, 0) is 11.3 Å². The number of benzene rings is 2. The molecule has 0 atom stereocenters. The minimum atomic E-state index is -1.26. The van der Waals surface area contributed by atoms with Crippen LogP contribution in [0.1, 0.15) is 15.9 Å². The summed E-state index contributed by atoms with van der Waals surface area (Å²) in [5.74, 6) is -3.59. The second kappa shape index (κ2) is 9.02. The van der Waals surface area contributed by atoms with Gasteiger partial charge >= 0.3 is 0 Å². The van der Waals surface area contributed by atoms with Gasteiger partial charge in [-0.05, 0) is 23.8 Å². The molecule has 1 heterocycles. The van der Waals surface area contributed by atoms with Crippen molar-refractivity contribution in [2.45, 2.75) is 6.54 Å². The minimum absolute atomic E-state index is 0.0424. The predicted molar refractivity (Wildman–Crippen MR) is 104 cm³/mol. The molecule has 6 nitrogen and oxygen atoms in total. The van der Waals surface area contributed by atoms with E-state index in [-0.39, 0.29) is 36.2 Å². The number of methoxy groups -OCH3 is 1. The van der Waals surface area contributed by atoms with Crippen molar-refractivity contribution in [3.05, 3.63) is 74.5 Å². The molecule has 0 aliphatic heterocycles. The van der Waals surface area contributed by atoms with Crippen LogP contribution >= 0.6 is 11.6 Å². The van der Waals surface area contributed by atoms with E-state index in [2.05, 4.69) is 10.3 Å². The molecule has 3 aromatic rings. The Kier molecular flexibility index (Phi) is 6.46. The van der Waals surface area contributed by atoms with E-state index in [4.69, 9.17) is 21.1 Å². The SMILES string of the molecule is COCCOc1c(F)c(F)cc2c(=O)c(C(=O)NCc3ccc(Cl)cc3)c[nH]c12. The highest BCUT2D eigenvalue weighted by atomic mass is 35.5. The van der Waals surface area contributed by atoms with E-state index >= 15 is 0 Å². The van der Waals surface area contributed by atoms with Crippen LogP contribution in [0.4, 0.5) is 8.78 Å². The van der Waals surface area contributed by atoms with Crippen molar-refractivity contribution < 1.29 is 23.0 Å². The fourth-order valence-electron chi connectivity index (χ4n) is 2.69. The Bertz CT molecular complexity index is 1100. The Morgan fingerprint density at radius 1 is 1.21 bits per heavy atom. The maximum Gasteiger partial charge on any atom is 0.257 e. The van der Waals surface area contributed by atoms with Gasteiger partial charge in [-0.25, -0.2) is 4.39 Å². The highest BCUT2D eigenvalue weighted by Gasteiger charge is 2.20. The lowest BCUT2D eigenvalue weighted by atomic mass is 10.1. The van der Waals surface area contributed by atoms with Gasteiger partial charge < -0.3 is 19.8 Å². The number of amides is 1. The Morgan fingerprint density at radius 3 is 2.62 bits per heavy atom. The molecule has 0 spiro atoms. The Morgan fingerprint density at radius 2 is 1.93 bits per heavy atom. The van der Waals surface area contributed by atoms with Crippen molar-refractivity contribution in [2.24, 2.45) is 0 Å². The fourth-order valence-corrected chi connectivity index (χ4v) is 2.82. The monoisotopic (exact) mass is 422 g/mol. The van der Waals surface area contributed by atoms with Crippen molar-refractivity contribution in [1.29, 1.82) is 0 Å². The number of aromatic nitrogens is 1. The number of hydrogen-bond donors (Lipinski definition) is 2. The molecule has 0 aliphatic rings. The molecule has 0 aliphatic carbocycles. The van der Waals surface area contributed by atoms with Gasteiger partial charge in [0.25, 0.3) is 5.91 Å². The third-order valence-corrected chi connectivity index (χ3v) is 4.42. The van der Waals surface area contributed by atoms with Gasteiger partial charge in [-0.15, -0.1) is 0 Å². The Balaban J connectivity index is 1.90. The van der Waals surface area contributed by atoms with Crippen LogP contribution < -0.4 is 15.5 Å². The normalized spacial score (nSPS) is 10.9. The summed E-state index contributed by atoms with van der Waals surface area (Å²) in [6.45, 7) is 0.265. The first kappa shape index (κ1) is 20.8. The standard InChI is InChI=1S/C20H17ClF2N2O4/c1-28-6-7-29-19-16(23)15(22)8-13-17(19)24-10-14(18(13)26)20(27)25-9-11-2-4-12(21)5-3-11/h2-5,8,10H,6-7,9H2,1H3,(H,24,26)(H,25,27). The molecule has 2 N–H and O–H groups in total. The zero-order chi connectivity index (χ0) is 21.0. The first-order chi connectivity index (χ1) is 13.9. The number of carbonyl (C=O) groups is 1. The van der Waals surface area contributed by atoms with Crippen molar-refractivity contribution in [1.82, 2.24) is 10.3 Å². The van der Waals surface area contributed by atoms with Crippen LogP contribution in [-0.4, -0.2) is 31.2 Å². The van der Waals surface area contributed by atoms with Gasteiger partial charge in [0.15, 0.2) is 11.6 Å². The largest absolute Gasteiger partial charge is 0.486 e. The molecule has 0 fully saturated rings. The highest BCUT2D eigenvalue weighted by Crippen LogP contribution is 2.28. The summed E-state index contributed by atoms with van der Waals surface area (Å²) in [6.07, 6.45) is 1.14. The van der Waals surface area contributed by atoms with E-state index in [0.29, 0.717) is 5.02 Å². The number of hydrogen-bond acceptors (Lipinski definition) is 4. The summed E-state index contributed by atoms with van der Waals surface area (Å²) in [7, 11) is 1.43. The number of carbonyl (C=O) groups excluding carboxylic acids is 1. The second-order valence-corrected chi connectivity index (χ2v) is 6.54. The van der Waals surface area contributed by atoms with Crippen LogP contribution in [0.3, 0.4) is 0 Å². The molecule has 0 unspecified atom stereocenters. The van der Waals surface area contributed by atoms with Crippen molar-refractivity contribution in [2.75, 3.05) is 20.3 Å².